The molecule has 0 aliphatic carbocycles. The Balaban J connectivity index is 2.32. The first-order chi connectivity index (χ1) is 10.2. The number of rotatable bonds is 6. The molecule has 0 bridgehead atoms. The Morgan fingerprint density at radius 1 is 1.10 bits per heavy atom. The number of carbonyl (C=O) groups is 1. The smallest absolute Gasteiger partial charge is 0.211 e. The summed E-state index contributed by atoms with van der Waals surface area (Å²) < 4.78 is 11.9. The summed E-state index contributed by atoms with van der Waals surface area (Å²) in [5.41, 5.74) is 0.918. The molecule has 2 rings (SSSR count). The summed E-state index contributed by atoms with van der Waals surface area (Å²) in [5.74, 6) is 1.06. The Morgan fingerprint density at radius 3 is 2.43 bits per heavy atom. The topological polar surface area (TPSA) is 48.4 Å². The highest BCUT2D eigenvalue weighted by molar-refractivity contribution is 9.10. The van der Waals surface area contributed by atoms with E-state index in [2.05, 4.69) is 20.9 Å². The Hall–Kier alpha value is -1.88. The van der Waals surface area contributed by atoms with Gasteiger partial charge in [-0.1, -0.05) is 0 Å². The summed E-state index contributed by atoms with van der Waals surface area (Å²) in [6.45, 7) is 4.84. The van der Waals surface area contributed by atoms with Crippen LogP contribution >= 0.6 is 15.9 Å². The van der Waals surface area contributed by atoms with Crippen molar-refractivity contribution in [1.82, 2.24) is 4.98 Å². The van der Waals surface area contributed by atoms with Crippen molar-refractivity contribution in [3.63, 3.8) is 0 Å². The molecule has 1 heterocycles. The van der Waals surface area contributed by atoms with Crippen LogP contribution in [0.1, 0.15) is 29.9 Å². The van der Waals surface area contributed by atoms with Gasteiger partial charge in [0.15, 0.2) is 11.5 Å². The molecule has 4 nitrogen and oxygen atoms in total. The minimum absolute atomic E-state index is 0.147. The quantitative estimate of drug-likeness (QED) is 0.742. The van der Waals surface area contributed by atoms with Crippen LogP contribution in [-0.2, 0) is 0 Å². The molecule has 0 radical (unpaired) electrons. The lowest BCUT2D eigenvalue weighted by Crippen LogP contribution is -2.05. The summed E-state index contributed by atoms with van der Waals surface area (Å²) in [4.78, 5) is 16.5. The lowest BCUT2D eigenvalue weighted by molar-refractivity contribution is 0.103. The van der Waals surface area contributed by atoms with Gasteiger partial charge in [-0.3, -0.25) is 9.78 Å². The molecular formula is C16H16BrNO3. The second kappa shape index (κ2) is 7.22. The zero-order chi connectivity index (χ0) is 15.2. The van der Waals surface area contributed by atoms with Crippen LogP contribution in [0.25, 0.3) is 0 Å². The van der Waals surface area contributed by atoms with Crippen molar-refractivity contribution in [2.75, 3.05) is 13.2 Å². The number of nitrogens with zero attached hydrogens (tertiary/aromatic N) is 1. The average molecular weight is 350 g/mol. The van der Waals surface area contributed by atoms with Crippen LogP contribution in [0, 0.1) is 0 Å². The molecule has 0 fully saturated rings. The molecule has 0 aliphatic heterocycles. The Bertz CT molecular complexity index is 626. The molecule has 0 saturated heterocycles. The average Bonchev–Trinajstić information content (AvgIpc) is 2.49. The van der Waals surface area contributed by atoms with Gasteiger partial charge in [-0.2, -0.15) is 0 Å². The number of carbonyl (C=O) groups excluding carboxylic acids is 1. The number of pyridine rings is 1. The molecule has 0 atom stereocenters. The van der Waals surface area contributed by atoms with Crippen molar-refractivity contribution in [1.29, 1.82) is 0 Å². The normalized spacial score (nSPS) is 10.2. The second-order valence-electron chi connectivity index (χ2n) is 4.22. The fraction of sp³-hybridized carbons (Fsp3) is 0.250. The number of hydrogen-bond donors (Lipinski definition) is 0. The van der Waals surface area contributed by atoms with Crippen molar-refractivity contribution < 1.29 is 14.3 Å². The number of ketones is 1. The van der Waals surface area contributed by atoms with E-state index in [9.17, 15) is 4.79 Å². The third-order valence-corrected chi connectivity index (χ3v) is 3.23. The Labute approximate surface area is 132 Å². The highest BCUT2D eigenvalue weighted by atomic mass is 79.9. The molecule has 0 spiro atoms. The monoisotopic (exact) mass is 349 g/mol. The SMILES string of the molecule is CCOc1ccc(C(=O)c2ccc(Br)cn2)cc1OCC. The van der Waals surface area contributed by atoms with Gasteiger partial charge in [0.05, 0.1) is 13.2 Å². The minimum atomic E-state index is -0.147. The summed E-state index contributed by atoms with van der Waals surface area (Å²) in [7, 11) is 0. The fourth-order valence-corrected chi connectivity index (χ4v) is 2.08. The highest BCUT2D eigenvalue weighted by Crippen LogP contribution is 2.29. The predicted octanol–water partition coefficient (Wildman–Crippen LogP) is 3.87. The maximum atomic E-state index is 12.4. The molecule has 5 heteroatoms. The molecule has 0 aliphatic rings. The number of benzene rings is 1. The highest BCUT2D eigenvalue weighted by Gasteiger charge is 2.14. The summed E-state index contributed by atoms with van der Waals surface area (Å²) in [5, 5.41) is 0. The molecule has 2 aromatic rings. The minimum Gasteiger partial charge on any atom is -0.490 e. The zero-order valence-corrected chi connectivity index (χ0v) is 13.5. The molecule has 21 heavy (non-hydrogen) atoms. The molecular weight excluding hydrogens is 334 g/mol. The number of aromatic nitrogens is 1. The Morgan fingerprint density at radius 2 is 1.81 bits per heavy atom. The molecule has 0 saturated carbocycles. The van der Waals surface area contributed by atoms with E-state index in [1.807, 2.05) is 13.8 Å². The molecule has 1 aromatic carbocycles. The molecule has 1 aromatic heterocycles. The van der Waals surface area contributed by atoms with Gasteiger partial charge >= 0.3 is 0 Å². The second-order valence-corrected chi connectivity index (χ2v) is 5.13. The van der Waals surface area contributed by atoms with Crippen LogP contribution in [0.15, 0.2) is 41.0 Å². The van der Waals surface area contributed by atoms with Gasteiger partial charge in [-0.05, 0) is 60.1 Å². The van der Waals surface area contributed by atoms with Gasteiger partial charge in [0.25, 0.3) is 0 Å². The van der Waals surface area contributed by atoms with Crippen LogP contribution in [0.3, 0.4) is 0 Å². The third-order valence-electron chi connectivity index (χ3n) is 2.77. The van der Waals surface area contributed by atoms with Crippen LogP contribution in [0.5, 0.6) is 11.5 Å². The molecule has 0 N–H and O–H groups in total. The molecule has 110 valence electrons. The summed E-state index contributed by atoms with van der Waals surface area (Å²) >= 11 is 3.30. The van der Waals surface area contributed by atoms with Gasteiger partial charge in [0, 0.05) is 16.2 Å². The van der Waals surface area contributed by atoms with Gasteiger partial charge in [-0.25, -0.2) is 0 Å². The zero-order valence-electron chi connectivity index (χ0n) is 11.9. The molecule has 0 amide bonds. The Kier molecular flexibility index (Phi) is 5.33. The van der Waals surface area contributed by atoms with E-state index >= 15 is 0 Å². The van der Waals surface area contributed by atoms with Crippen LogP contribution in [0.4, 0.5) is 0 Å². The van der Waals surface area contributed by atoms with Gasteiger partial charge in [0.2, 0.25) is 5.78 Å². The van der Waals surface area contributed by atoms with Gasteiger partial charge < -0.3 is 9.47 Å². The largest absolute Gasteiger partial charge is 0.490 e. The third kappa shape index (κ3) is 3.82. The van der Waals surface area contributed by atoms with E-state index in [4.69, 9.17) is 9.47 Å². The van der Waals surface area contributed by atoms with E-state index < -0.39 is 0 Å². The van der Waals surface area contributed by atoms with Crippen molar-refractivity contribution in [3.05, 3.63) is 52.3 Å². The van der Waals surface area contributed by atoms with Gasteiger partial charge in [0.1, 0.15) is 5.69 Å². The first-order valence-corrected chi connectivity index (χ1v) is 7.51. The van der Waals surface area contributed by atoms with Crippen LogP contribution < -0.4 is 9.47 Å². The van der Waals surface area contributed by atoms with E-state index in [-0.39, 0.29) is 5.78 Å². The van der Waals surface area contributed by atoms with Crippen LogP contribution in [0.2, 0.25) is 0 Å². The van der Waals surface area contributed by atoms with Crippen molar-refractivity contribution >= 4 is 21.7 Å². The van der Waals surface area contributed by atoms with Gasteiger partial charge in [-0.15, -0.1) is 0 Å². The summed E-state index contributed by atoms with van der Waals surface area (Å²) in [6.07, 6.45) is 1.60. The van der Waals surface area contributed by atoms with E-state index in [0.717, 1.165) is 4.47 Å². The fourth-order valence-electron chi connectivity index (χ4n) is 1.85. The maximum absolute atomic E-state index is 12.4. The molecule has 0 unspecified atom stereocenters. The number of halogens is 1. The van der Waals surface area contributed by atoms with E-state index in [1.165, 1.54) is 0 Å². The predicted molar refractivity (Wildman–Crippen MR) is 84.1 cm³/mol. The van der Waals surface area contributed by atoms with Crippen molar-refractivity contribution in [2.24, 2.45) is 0 Å². The summed E-state index contributed by atoms with van der Waals surface area (Å²) in [6, 6.07) is 8.64. The lowest BCUT2D eigenvalue weighted by Gasteiger charge is -2.12. The number of hydrogen-bond acceptors (Lipinski definition) is 4. The lowest BCUT2D eigenvalue weighted by atomic mass is 10.1. The maximum Gasteiger partial charge on any atom is 0.211 e. The van der Waals surface area contributed by atoms with Crippen molar-refractivity contribution in [2.45, 2.75) is 13.8 Å². The number of ether oxygens (including phenoxy) is 2. The van der Waals surface area contributed by atoms with Crippen LogP contribution in [-0.4, -0.2) is 24.0 Å². The van der Waals surface area contributed by atoms with E-state index in [0.29, 0.717) is 36.0 Å². The standard InChI is InChI=1S/C16H16BrNO3/c1-3-20-14-8-5-11(9-15(14)21-4-2)16(19)13-7-6-12(17)10-18-13/h5-10H,3-4H2,1-2H3. The van der Waals surface area contributed by atoms with E-state index in [1.54, 1.807) is 36.5 Å². The van der Waals surface area contributed by atoms with Crippen molar-refractivity contribution in [3.8, 4) is 11.5 Å². The first kappa shape index (κ1) is 15.5. The first-order valence-electron chi connectivity index (χ1n) is 6.71.